The monoisotopic (exact) mass is 796 g/mol. The molecular formula is C42H40ClF3N8O3. The molecule has 4 aliphatic rings. The zero-order valence-electron chi connectivity index (χ0n) is 31.5. The lowest BCUT2D eigenvalue weighted by Crippen LogP contribution is -2.47. The third-order valence-electron chi connectivity index (χ3n) is 11.9. The van der Waals surface area contributed by atoms with Crippen molar-refractivity contribution in [1.29, 1.82) is 0 Å². The number of imide groups is 1. The molecule has 3 fully saturated rings. The van der Waals surface area contributed by atoms with E-state index in [4.69, 9.17) is 11.6 Å². The quantitative estimate of drug-likeness (QED) is 0.218. The molecule has 6 heterocycles. The smallest absolute Gasteiger partial charge is 0.282 e. The lowest BCUT2D eigenvalue weighted by molar-refractivity contribution is -0.134. The number of halogens is 4. The number of carbonyl (C=O) groups is 2. The highest BCUT2D eigenvalue weighted by molar-refractivity contribution is 6.35. The Labute approximate surface area is 331 Å². The van der Waals surface area contributed by atoms with Crippen molar-refractivity contribution >= 4 is 51.5 Å². The highest BCUT2D eigenvalue weighted by Crippen LogP contribution is 2.44. The molecular weight excluding hydrogens is 757 g/mol. The highest BCUT2D eigenvalue weighted by atomic mass is 35.5. The van der Waals surface area contributed by atoms with Gasteiger partial charge in [-0.3, -0.25) is 29.2 Å². The van der Waals surface area contributed by atoms with Crippen LogP contribution in [0.25, 0.3) is 16.6 Å². The first-order chi connectivity index (χ1) is 27.4. The first-order valence-electron chi connectivity index (χ1n) is 19.2. The number of amides is 2. The zero-order chi connectivity index (χ0) is 39.7. The number of pyridine rings is 1. The Morgan fingerprint density at radius 1 is 0.825 bits per heavy atom. The fraction of sp³-hybridized carbons (Fsp3) is 0.357. The second-order valence-electron chi connectivity index (χ2n) is 15.7. The first-order valence-corrected chi connectivity index (χ1v) is 19.6. The van der Waals surface area contributed by atoms with Gasteiger partial charge in [0.1, 0.15) is 17.5 Å². The maximum Gasteiger partial charge on any atom is 0.282 e. The molecule has 2 aromatic heterocycles. The Hall–Kier alpha value is -5.47. The van der Waals surface area contributed by atoms with Crippen LogP contribution in [0.4, 0.5) is 30.4 Å². The average Bonchev–Trinajstić information content (AvgIpc) is 3.41. The predicted octanol–water partition coefficient (Wildman–Crippen LogP) is 5.66. The fourth-order valence-electron chi connectivity index (χ4n) is 8.88. The zero-order valence-corrected chi connectivity index (χ0v) is 32.3. The molecule has 11 nitrogen and oxygen atoms in total. The van der Waals surface area contributed by atoms with Crippen LogP contribution in [-0.4, -0.2) is 83.6 Å². The summed E-state index contributed by atoms with van der Waals surface area (Å²) >= 11 is 6.47. The summed E-state index contributed by atoms with van der Waals surface area (Å²) < 4.78 is 48.0. The summed E-state index contributed by atoms with van der Waals surface area (Å²) in [5.74, 6) is -3.36. The van der Waals surface area contributed by atoms with Crippen molar-refractivity contribution in [1.82, 2.24) is 24.8 Å². The van der Waals surface area contributed by atoms with Crippen LogP contribution in [0.2, 0.25) is 5.02 Å². The second-order valence-corrected chi connectivity index (χ2v) is 16.2. The van der Waals surface area contributed by atoms with Crippen LogP contribution in [0.5, 0.6) is 0 Å². The van der Waals surface area contributed by atoms with Gasteiger partial charge in [0, 0.05) is 88.5 Å². The minimum atomic E-state index is -1.06. The molecule has 15 heteroatoms. The Morgan fingerprint density at radius 2 is 1.51 bits per heavy atom. The standard InChI is InChI=1S/C42H40ClF3N8O3/c1-42(2)28-8-6-25(21-34(28)54-33-5-3-4-29(43)37(33)40(57)49-41(42)54)51-12-10-50(11-13-51)23-24-18-32(46)38(47-22-24)53-16-14-52(15-17-53)26-19-30(44)36(31(45)20-26)27-7-9-35(55)48-39(27)56/h3-6,8,18-22,27H,7,9-17,23H2,1-2H3,(H,48,55,56). The average molecular weight is 797 g/mol. The van der Waals surface area contributed by atoms with Crippen molar-refractivity contribution in [2.24, 2.45) is 0 Å². The van der Waals surface area contributed by atoms with Gasteiger partial charge in [-0.15, -0.1) is 0 Å². The normalized spacial score (nSPS) is 19.5. The van der Waals surface area contributed by atoms with E-state index in [1.54, 1.807) is 12.3 Å². The number of rotatable bonds is 6. The van der Waals surface area contributed by atoms with Crippen molar-refractivity contribution in [3.8, 4) is 5.69 Å². The van der Waals surface area contributed by atoms with Gasteiger partial charge in [-0.1, -0.05) is 23.7 Å². The van der Waals surface area contributed by atoms with Crippen molar-refractivity contribution in [2.75, 3.05) is 67.1 Å². The highest BCUT2D eigenvalue weighted by Gasteiger charge is 2.39. The number of anilines is 3. The summed E-state index contributed by atoms with van der Waals surface area (Å²) in [4.78, 5) is 54.1. The van der Waals surface area contributed by atoms with Gasteiger partial charge in [0.2, 0.25) is 11.8 Å². The third kappa shape index (κ3) is 6.48. The summed E-state index contributed by atoms with van der Waals surface area (Å²) in [5.41, 5.74) is 3.88. The second kappa shape index (κ2) is 14.2. The van der Waals surface area contributed by atoms with Crippen LogP contribution in [-0.2, 0) is 21.5 Å². The molecule has 294 valence electrons. The maximum atomic E-state index is 15.6. The molecule has 0 radical (unpaired) electrons. The van der Waals surface area contributed by atoms with Crippen molar-refractivity contribution in [3.63, 3.8) is 0 Å². The van der Waals surface area contributed by atoms with Crippen LogP contribution in [0.3, 0.4) is 0 Å². The maximum absolute atomic E-state index is 15.6. The molecule has 4 aliphatic heterocycles. The molecule has 1 atom stereocenters. The minimum absolute atomic E-state index is 0.0214. The van der Waals surface area contributed by atoms with Crippen molar-refractivity contribution in [3.05, 3.63) is 116 Å². The molecule has 5 aromatic rings. The van der Waals surface area contributed by atoms with Gasteiger partial charge in [-0.05, 0) is 73.9 Å². The van der Waals surface area contributed by atoms with E-state index < -0.39 is 40.6 Å². The van der Waals surface area contributed by atoms with E-state index in [1.807, 2.05) is 21.9 Å². The van der Waals surface area contributed by atoms with Gasteiger partial charge in [-0.25, -0.2) is 18.2 Å². The number of carbonyl (C=O) groups excluding carboxylic acids is 2. The molecule has 57 heavy (non-hydrogen) atoms. The van der Waals surface area contributed by atoms with E-state index in [1.165, 1.54) is 18.2 Å². The predicted molar refractivity (Wildman–Crippen MR) is 212 cm³/mol. The first kappa shape index (κ1) is 37.1. The summed E-state index contributed by atoms with van der Waals surface area (Å²) in [6.45, 7) is 9.37. The molecule has 0 aliphatic carbocycles. The van der Waals surface area contributed by atoms with Gasteiger partial charge in [0.05, 0.1) is 32.9 Å². The topological polar surface area (TPSA) is 107 Å². The number of nitrogens with one attached hydrogen (secondary N) is 1. The van der Waals surface area contributed by atoms with E-state index in [0.29, 0.717) is 54.6 Å². The number of hydrogen-bond acceptors (Lipinski definition) is 9. The SMILES string of the molecule is CC1(C)c2ccc(N3CCN(Cc4cnc(N5CCN(c6cc(F)c(C7CCC(=O)NC7=O)c(F)c6)CC5)c(F)c4)CC3)cc2-n2c1nc(=O)c1c(Cl)cccc12. The number of benzene rings is 3. The Bertz CT molecular complexity index is 2510. The summed E-state index contributed by atoms with van der Waals surface area (Å²) in [6, 6.07) is 15.9. The van der Waals surface area contributed by atoms with E-state index in [-0.39, 0.29) is 29.8 Å². The van der Waals surface area contributed by atoms with Crippen LogP contribution < -0.4 is 25.6 Å². The molecule has 0 spiro atoms. The lowest BCUT2D eigenvalue weighted by atomic mass is 9.85. The van der Waals surface area contributed by atoms with Crippen LogP contribution >= 0.6 is 11.6 Å². The van der Waals surface area contributed by atoms with Crippen LogP contribution in [0.15, 0.2) is 65.6 Å². The molecule has 2 amide bonds. The number of piperazine rings is 2. The number of hydrogen-bond donors (Lipinski definition) is 1. The van der Waals surface area contributed by atoms with Crippen LogP contribution in [0.1, 0.15) is 55.1 Å². The molecule has 0 saturated carbocycles. The third-order valence-corrected chi connectivity index (χ3v) is 12.3. The Balaban J connectivity index is 0.826. The Kier molecular flexibility index (Phi) is 9.23. The lowest BCUT2D eigenvalue weighted by Gasteiger charge is -2.37. The van der Waals surface area contributed by atoms with Gasteiger partial charge >= 0.3 is 0 Å². The largest absolute Gasteiger partial charge is 0.369 e. The van der Waals surface area contributed by atoms with E-state index in [9.17, 15) is 14.4 Å². The van der Waals surface area contributed by atoms with E-state index in [0.717, 1.165) is 54.2 Å². The molecule has 1 unspecified atom stereocenters. The van der Waals surface area contributed by atoms with Gasteiger partial charge in [-0.2, -0.15) is 4.98 Å². The number of nitrogens with zero attached hydrogens (tertiary/aromatic N) is 7. The fourth-order valence-corrected chi connectivity index (χ4v) is 9.13. The van der Waals surface area contributed by atoms with Crippen LogP contribution in [0, 0.1) is 17.5 Å². The van der Waals surface area contributed by atoms with Gasteiger partial charge in [0.15, 0.2) is 11.6 Å². The van der Waals surface area contributed by atoms with E-state index in [2.05, 4.69) is 61.7 Å². The van der Waals surface area contributed by atoms with Crippen molar-refractivity contribution < 1.29 is 22.8 Å². The Morgan fingerprint density at radius 3 is 2.21 bits per heavy atom. The summed E-state index contributed by atoms with van der Waals surface area (Å²) in [6.07, 6.45) is 1.78. The number of fused-ring (bicyclic) bond motifs is 5. The van der Waals surface area contributed by atoms with Crippen molar-refractivity contribution in [2.45, 2.75) is 44.6 Å². The minimum Gasteiger partial charge on any atom is -0.369 e. The van der Waals surface area contributed by atoms with Gasteiger partial charge in [0.25, 0.3) is 5.56 Å². The number of piperidine rings is 1. The molecule has 3 aromatic carbocycles. The molecule has 0 bridgehead atoms. The molecule has 9 rings (SSSR count). The van der Waals surface area contributed by atoms with E-state index >= 15 is 13.2 Å². The number of aromatic nitrogens is 3. The summed E-state index contributed by atoms with van der Waals surface area (Å²) in [5, 5.41) is 2.95. The molecule has 3 saturated heterocycles. The molecule has 1 N–H and O–H groups in total. The van der Waals surface area contributed by atoms with Gasteiger partial charge < -0.3 is 14.7 Å². The summed E-state index contributed by atoms with van der Waals surface area (Å²) in [7, 11) is 0.